The fraction of sp³-hybridized carbons (Fsp3) is 0.100. The molecule has 4 nitrogen and oxygen atoms in total. The SMILES string of the molecule is O=C1C[C@@H](c2cccc(F)c2)c2sc(C(=O)O)c(-c3ccc(Cl)cc3)c2N1. The third kappa shape index (κ3) is 3.22. The van der Waals surface area contributed by atoms with Gasteiger partial charge in [-0.05, 0) is 35.4 Å². The number of halogens is 2. The fourth-order valence-electron chi connectivity index (χ4n) is 3.32. The highest BCUT2D eigenvalue weighted by atomic mass is 35.5. The van der Waals surface area contributed by atoms with Gasteiger partial charge in [0.15, 0.2) is 0 Å². The van der Waals surface area contributed by atoms with Crippen molar-refractivity contribution in [2.75, 3.05) is 5.32 Å². The van der Waals surface area contributed by atoms with Crippen LogP contribution in [-0.4, -0.2) is 17.0 Å². The van der Waals surface area contributed by atoms with Crippen LogP contribution in [0.4, 0.5) is 10.1 Å². The summed E-state index contributed by atoms with van der Waals surface area (Å²) in [6.07, 6.45) is 0.135. The molecule has 0 saturated carbocycles. The third-order valence-electron chi connectivity index (χ3n) is 4.48. The molecule has 2 N–H and O–H groups in total. The summed E-state index contributed by atoms with van der Waals surface area (Å²) in [5.41, 5.74) is 2.22. The molecule has 1 amide bonds. The molecule has 2 heterocycles. The van der Waals surface area contributed by atoms with Gasteiger partial charge in [0.2, 0.25) is 5.91 Å². The lowest BCUT2D eigenvalue weighted by Gasteiger charge is -2.24. The van der Waals surface area contributed by atoms with E-state index in [1.54, 1.807) is 36.4 Å². The fourth-order valence-corrected chi connectivity index (χ4v) is 4.69. The number of carboxylic acids is 1. The van der Waals surface area contributed by atoms with Crippen molar-refractivity contribution in [3.05, 3.63) is 74.7 Å². The number of carbonyl (C=O) groups is 2. The van der Waals surface area contributed by atoms with Gasteiger partial charge in [-0.1, -0.05) is 35.9 Å². The van der Waals surface area contributed by atoms with Crippen LogP contribution in [0.2, 0.25) is 5.02 Å². The van der Waals surface area contributed by atoms with Gasteiger partial charge in [-0.15, -0.1) is 11.3 Å². The maximum Gasteiger partial charge on any atom is 0.346 e. The molecule has 7 heteroatoms. The molecule has 3 aromatic rings. The van der Waals surface area contributed by atoms with Gasteiger partial charge in [-0.25, -0.2) is 9.18 Å². The van der Waals surface area contributed by atoms with Gasteiger partial charge in [0.25, 0.3) is 0 Å². The Morgan fingerprint density at radius 1 is 1.22 bits per heavy atom. The van der Waals surface area contributed by atoms with Crippen molar-refractivity contribution in [1.82, 2.24) is 0 Å². The first kappa shape index (κ1) is 17.7. The smallest absolute Gasteiger partial charge is 0.346 e. The zero-order valence-corrected chi connectivity index (χ0v) is 15.4. The zero-order valence-electron chi connectivity index (χ0n) is 13.8. The first-order valence-electron chi connectivity index (χ1n) is 8.15. The average Bonchev–Trinajstić information content (AvgIpc) is 3.01. The normalized spacial score (nSPS) is 15.9. The second kappa shape index (κ2) is 6.79. The van der Waals surface area contributed by atoms with Gasteiger partial charge >= 0.3 is 5.97 Å². The molecule has 1 aliphatic heterocycles. The van der Waals surface area contributed by atoms with E-state index in [9.17, 15) is 19.1 Å². The van der Waals surface area contributed by atoms with Crippen LogP contribution < -0.4 is 5.32 Å². The van der Waals surface area contributed by atoms with Crippen LogP contribution in [0.1, 0.15) is 32.5 Å². The lowest BCUT2D eigenvalue weighted by Crippen LogP contribution is -2.22. The molecule has 0 bridgehead atoms. The van der Waals surface area contributed by atoms with Crippen LogP contribution >= 0.6 is 22.9 Å². The van der Waals surface area contributed by atoms with Crippen LogP contribution in [0.25, 0.3) is 11.1 Å². The van der Waals surface area contributed by atoms with Gasteiger partial charge in [0, 0.05) is 27.8 Å². The van der Waals surface area contributed by atoms with Crippen molar-refractivity contribution >= 4 is 40.5 Å². The number of carboxylic acid groups (broad SMARTS) is 1. The van der Waals surface area contributed by atoms with Crippen LogP contribution in [0.15, 0.2) is 48.5 Å². The molecular formula is C20H13ClFNO3S. The molecular weight excluding hydrogens is 389 g/mol. The summed E-state index contributed by atoms with van der Waals surface area (Å²) >= 11 is 7.05. The molecule has 1 aromatic heterocycles. The topological polar surface area (TPSA) is 66.4 Å². The number of amides is 1. The molecule has 0 spiro atoms. The minimum Gasteiger partial charge on any atom is -0.477 e. The molecule has 0 fully saturated rings. The van der Waals surface area contributed by atoms with E-state index >= 15 is 0 Å². The number of nitrogens with one attached hydrogen (secondary N) is 1. The number of fused-ring (bicyclic) bond motifs is 1. The average molecular weight is 402 g/mol. The van der Waals surface area contributed by atoms with Crippen LogP contribution in [-0.2, 0) is 4.79 Å². The quantitative estimate of drug-likeness (QED) is 0.619. The number of aromatic carboxylic acids is 1. The molecule has 1 atom stereocenters. The monoisotopic (exact) mass is 401 g/mol. The Morgan fingerprint density at radius 3 is 2.63 bits per heavy atom. The Balaban J connectivity index is 1.94. The largest absolute Gasteiger partial charge is 0.477 e. The predicted molar refractivity (Wildman–Crippen MR) is 103 cm³/mol. The number of rotatable bonds is 3. The highest BCUT2D eigenvalue weighted by Gasteiger charge is 2.34. The molecule has 0 unspecified atom stereocenters. The van der Waals surface area contributed by atoms with Crippen LogP contribution in [0, 0.1) is 5.82 Å². The van der Waals surface area contributed by atoms with Gasteiger partial charge < -0.3 is 10.4 Å². The van der Waals surface area contributed by atoms with E-state index in [2.05, 4.69) is 5.32 Å². The Kier molecular flexibility index (Phi) is 4.45. The molecule has 4 rings (SSSR count). The van der Waals surface area contributed by atoms with Crippen molar-refractivity contribution in [1.29, 1.82) is 0 Å². The van der Waals surface area contributed by atoms with E-state index in [0.29, 0.717) is 32.3 Å². The maximum absolute atomic E-state index is 13.7. The third-order valence-corrected chi connectivity index (χ3v) is 6.03. The van der Waals surface area contributed by atoms with E-state index < -0.39 is 17.7 Å². The number of benzene rings is 2. The van der Waals surface area contributed by atoms with Crippen LogP contribution in [0.5, 0.6) is 0 Å². The van der Waals surface area contributed by atoms with Gasteiger partial charge in [-0.3, -0.25) is 4.79 Å². The Labute approximate surface area is 163 Å². The summed E-state index contributed by atoms with van der Waals surface area (Å²) < 4.78 is 13.7. The second-order valence-electron chi connectivity index (χ2n) is 6.22. The number of anilines is 1. The molecule has 2 aromatic carbocycles. The summed E-state index contributed by atoms with van der Waals surface area (Å²) in [4.78, 5) is 25.1. The lowest BCUT2D eigenvalue weighted by atomic mass is 9.88. The summed E-state index contributed by atoms with van der Waals surface area (Å²) in [6.45, 7) is 0. The lowest BCUT2D eigenvalue weighted by molar-refractivity contribution is -0.116. The predicted octanol–water partition coefficient (Wildman–Crippen LogP) is 5.38. The first-order valence-corrected chi connectivity index (χ1v) is 9.34. The number of thiophene rings is 1. The highest BCUT2D eigenvalue weighted by molar-refractivity contribution is 7.15. The zero-order chi connectivity index (χ0) is 19.1. The van der Waals surface area contributed by atoms with E-state index in [1.165, 1.54) is 12.1 Å². The second-order valence-corrected chi connectivity index (χ2v) is 7.71. The molecule has 0 radical (unpaired) electrons. The molecule has 0 aliphatic carbocycles. The highest BCUT2D eigenvalue weighted by Crippen LogP contribution is 2.49. The number of hydrogen-bond donors (Lipinski definition) is 2. The van der Waals surface area contributed by atoms with Crippen molar-refractivity contribution in [2.45, 2.75) is 12.3 Å². The maximum atomic E-state index is 13.7. The van der Waals surface area contributed by atoms with Crippen molar-refractivity contribution in [3.8, 4) is 11.1 Å². The number of carbonyl (C=O) groups excluding carboxylic acids is 1. The minimum atomic E-state index is -1.08. The van der Waals surface area contributed by atoms with E-state index in [0.717, 1.165) is 11.3 Å². The van der Waals surface area contributed by atoms with Gasteiger partial charge in [-0.2, -0.15) is 0 Å². The van der Waals surface area contributed by atoms with E-state index in [4.69, 9.17) is 11.6 Å². The summed E-state index contributed by atoms with van der Waals surface area (Å²) in [6, 6.07) is 12.8. The van der Waals surface area contributed by atoms with Crippen molar-refractivity contribution in [3.63, 3.8) is 0 Å². The van der Waals surface area contributed by atoms with Crippen LogP contribution in [0.3, 0.4) is 0 Å². The van der Waals surface area contributed by atoms with Gasteiger partial charge in [0.1, 0.15) is 10.7 Å². The van der Waals surface area contributed by atoms with Crippen molar-refractivity contribution < 1.29 is 19.1 Å². The van der Waals surface area contributed by atoms with E-state index in [-0.39, 0.29) is 17.2 Å². The molecule has 0 saturated heterocycles. The Bertz CT molecular complexity index is 1060. The number of hydrogen-bond acceptors (Lipinski definition) is 3. The van der Waals surface area contributed by atoms with Gasteiger partial charge in [0.05, 0.1) is 5.69 Å². The minimum absolute atomic E-state index is 0.130. The summed E-state index contributed by atoms with van der Waals surface area (Å²) in [7, 11) is 0. The Hall–Kier alpha value is -2.70. The molecule has 1 aliphatic rings. The summed E-state index contributed by atoms with van der Waals surface area (Å²) in [5, 5.41) is 13.1. The standard InChI is InChI=1S/C20H13ClFNO3S/c21-12-6-4-10(5-7-12)16-17-18(27-19(16)20(25)26)14(9-15(24)23-17)11-2-1-3-13(22)8-11/h1-8,14H,9H2,(H,23,24)(H,25,26)/t14-/m0/s1. The first-order chi connectivity index (χ1) is 12.9. The summed E-state index contributed by atoms with van der Waals surface area (Å²) in [5.74, 6) is -2.10. The van der Waals surface area contributed by atoms with E-state index in [1.807, 2.05) is 0 Å². The van der Waals surface area contributed by atoms with Crippen molar-refractivity contribution in [2.24, 2.45) is 0 Å². The Morgan fingerprint density at radius 2 is 1.96 bits per heavy atom. The molecule has 136 valence electrons. The molecule has 27 heavy (non-hydrogen) atoms.